The monoisotopic (exact) mass is 399 g/mol. The van der Waals surface area contributed by atoms with Gasteiger partial charge in [-0.15, -0.1) is 5.06 Å². The molecule has 1 aliphatic rings. The first-order chi connectivity index (χ1) is 13.7. The van der Waals surface area contributed by atoms with Crippen LogP contribution in [0.25, 0.3) is 11.3 Å². The van der Waals surface area contributed by atoms with E-state index in [4.69, 9.17) is 9.57 Å². The van der Waals surface area contributed by atoms with Crippen molar-refractivity contribution < 1.29 is 14.4 Å². The number of rotatable bonds is 5. The van der Waals surface area contributed by atoms with E-state index in [2.05, 4.69) is 5.10 Å². The SMILES string of the molecule is Cn1nc(-c2ccc(OCC3CCN(OC(=O)C(C)(C)C)CC3)cc2)ccc1=O. The molecule has 2 aromatic rings. The molecule has 7 heteroatoms. The summed E-state index contributed by atoms with van der Waals surface area (Å²) in [5, 5.41) is 6.02. The average Bonchev–Trinajstić information content (AvgIpc) is 2.69. The molecule has 7 nitrogen and oxygen atoms in total. The fraction of sp³-hybridized carbons (Fsp3) is 0.500. The van der Waals surface area contributed by atoms with Crippen molar-refractivity contribution in [2.45, 2.75) is 33.6 Å². The number of nitrogens with zero attached hydrogens (tertiary/aromatic N) is 3. The van der Waals surface area contributed by atoms with Crippen LogP contribution in [0.4, 0.5) is 0 Å². The molecule has 0 bridgehead atoms. The molecule has 1 aromatic carbocycles. The number of aryl methyl sites for hydroxylation is 1. The summed E-state index contributed by atoms with van der Waals surface area (Å²) < 4.78 is 7.27. The third-order valence-electron chi connectivity index (χ3n) is 4.99. The zero-order valence-electron chi connectivity index (χ0n) is 17.6. The van der Waals surface area contributed by atoms with Crippen molar-refractivity contribution in [3.63, 3.8) is 0 Å². The molecule has 0 amide bonds. The zero-order valence-corrected chi connectivity index (χ0v) is 17.6. The number of benzene rings is 1. The van der Waals surface area contributed by atoms with Gasteiger partial charge in [0.05, 0.1) is 17.7 Å². The van der Waals surface area contributed by atoms with Crippen molar-refractivity contribution in [3.05, 3.63) is 46.8 Å². The fourth-order valence-electron chi connectivity index (χ4n) is 3.01. The normalized spacial score (nSPS) is 15.9. The summed E-state index contributed by atoms with van der Waals surface area (Å²) in [6, 6.07) is 11.0. The van der Waals surface area contributed by atoms with Gasteiger partial charge in [-0.05, 0) is 69.9 Å². The molecule has 0 spiro atoms. The molecule has 0 aliphatic carbocycles. The van der Waals surface area contributed by atoms with Crippen molar-refractivity contribution in [2.24, 2.45) is 18.4 Å². The first kappa shape index (κ1) is 21.0. The highest BCUT2D eigenvalue weighted by Crippen LogP contribution is 2.24. The van der Waals surface area contributed by atoms with Gasteiger partial charge < -0.3 is 9.57 Å². The summed E-state index contributed by atoms with van der Waals surface area (Å²) in [4.78, 5) is 28.9. The molecular weight excluding hydrogens is 370 g/mol. The van der Waals surface area contributed by atoms with E-state index >= 15 is 0 Å². The number of hydrogen-bond acceptors (Lipinski definition) is 6. The second-order valence-electron chi connectivity index (χ2n) is 8.52. The summed E-state index contributed by atoms with van der Waals surface area (Å²) in [5.41, 5.74) is 1.06. The Kier molecular flexibility index (Phi) is 6.37. The molecule has 3 rings (SSSR count). The third kappa shape index (κ3) is 5.67. The van der Waals surface area contributed by atoms with Gasteiger partial charge in [-0.1, -0.05) is 0 Å². The average molecular weight is 399 g/mol. The number of carbonyl (C=O) groups is 1. The van der Waals surface area contributed by atoms with E-state index in [-0.39, 0.29) is 11.5 Å². The highest BCUT2D eigenvalue weighted by atomic mass is 16.7. The molecule has 0 saturated carbocycles. The van der Waals surface area contributed by atoms with Crippen LogP contribution in [0, 0.1) is 11.3 Å². The molecule has 1 aliphatic heterocycles. The predicted molar refractivity (Wildman–Crippen MR) is 110 cm³/mol. The molecule has 0 atom stereocenters. The fourth-order valence-corrected chi connectivity index (χ4v) is 3.01. The quantitative estimate of drug-likeness (QED) is 0.769. The summed E-state index contributed by atoms with van der Waals surface area (Å²) in [7, 11) is 1.64. The van der Waals surface area contributed by atoms with Crippen molar-refractivity contribution in [1.82, 2.24) is 14.8 Å². The van der Waals surface area contributed by atoms with Gasteiger partial charge in [-0.25, -0.2) is 9.48 Å². The van der Waals surface area contributed by atoms with E-state index in [9.17, 15) is 9.59 Å². The Hall–Kier alpha value is -2.67. The zero-order chi connectivity index (χ0) is 21.0. The first-order valence-electron chi connectivity index (χ1n) is 9.97. The Bertz CT molecular complexity index is 892. The maximum absolute atomic E-state index is 12.0. The number of hydroxylamine groups is 2. The van der Waals surface area contributed by atoms with Gasteiger partial charge in [0.1, 0.15) is 5.75 Å². The predicted octanol–water partition coefficient (Wildman–Crippen LogP) is 3.04. The van der Waals surface area contributed by atoms with Gasteiger partial charge in [0.25, 0.3) is 5.56 Å². The van der Waals surface area contributed by atoms with E-state index in [0.717, 1.165) is 42.9 Å². The lowest BCUT2D eigenvalue weighted by molar-refractivity contribution is -0.206. The van der Waals surface area contributed by atoms with E-state index in [0.29, 0.717) is 12.5 Å². The summed E-state index contributed by atoms with van der Waals surface area (Å²) in [6.07, 6.45) is 1.86. The van der Waals surface area contributed by atoms with Crippen molar-refractivity contribution >= 4 is 5.97 Å². The van der Waals surface area contributed by atoms with Crippen LogP contribution in [0.15, 0.2) is 41.2 Å². The maximum Gasteiger partial charge on any atom is 0.330 e. The first-order valence-corrected chi connectivity index (χ1v) is 9.97. The minimum atomic E-state index is -0.490. The van der Waals surface area contributed by atoms with E-state index in [1.165, 1.54) is 10.7 Å². The number of piperidine rings is 1. The van der Waals surface area contributed by atoms with Crippen molar-refractivity contribution in [3.8, 4) is 17.0 Å². The molecule has 2 heterocycles. The largest absolute Gasteiger partial charge is 0.493 e. The lowest BCUT2D eigenvalue weighted by Gasteiger charge is -2.32. The summed E-state index contributed by atoms with van der Waals surface area (Å²) in [6.45, 7) is 7.67. The van der Waals surface area contributed by atoms with Gasteiger partial charge in [0, 0.05) is 31.8 Å². The van der Waals surface area contributed by atoms with E-state index in [1.54, 1.807) is 18.2 Å². The molecule has 29 heavy (non-hydrogen) atoms. The van der Waals surface area contributed by atoms with E-state index < -0.39 is 5.41 Å². The Labute approximate surface area is 171 Å². The Balaban J connectivity index is 1.47. The molecule has 1 aromatic heterocycles. The van der Waals surface area contributed by atoms with Crippen molar-refractivity contribution in [2.75, 3.05) is 19.7 Å². The topological polar surface area (TPSA) is 73.7 Å². The maximum atomic E-state index is 12.0. The summed E-state index contributed by atoms with van der Waals surface area (Å²) >= 11 is 0. The molecule has 0 radical (unpaired) electrons. The molecule has 1 fully saturated rings. The van der Waals surface area contributed by atoms with Crippen LogP contribution >= 0.6 is 0 Å². The van der Waals surface area contributed by atoms with Crippen molar-refractivity contribution in [1.29, 1.82) is 0 Å². The minimum Gasteiger partial charge on any atom is -0.493 e. The molecule has 1 saturated heterocycles. The second kappa shape index (κ2) is 8.78. The Morgan fingerprint density at radius 2 is 1.76 bits per heavy atom. The number of hydrogen-bond donors (Lipinski definition) is 0. The van der Waals surface area contributed by atoms with Crippen LogP contribution < -0.4 is 10.3 Å². The Morgan fingerprint density at radius 3 is 2.34 bits per heavy atom. The second-order valence-corrected chi connectivity index (χ2v) is 8.52. The van der Waals surface area contributed by atoms with Gasteiger partial charge in [0.15, 0.2) is 0 Å². The Morgan fingerprint density at radius 1 is 1.10 bits per heavy atom. The lowest BCUT2D eigenvalue weighted by atomic mass is 9.97. The lowest BCUT2D eigenvalue weighted by Crippen LogP contribution is -2.39. The number of ether oxygens (including phenoxy) is 1. The van der Waals surface area contributed by atoms with Gasteiger partial charge in [-0.3, -0.25) is 4.79 Å². The van der Waals surface area contributed by atoms with Crippen LogP contribution in [0.5, 0.6) is 5.75 Å². The molecule has 0 N–H and O–H groups in total. The highest BCUT2D eigenvalue weighted by molar-refractivity contribution is 5.75. The van der Waals surface area contributed by atoms with E-state index in [1.807, 2.05) is 45.0 Å². The highest BCUT2D eigenvalue weighted by Gasteiger charge is 2.28. The number of aromatic nitrogens is 2. The number of carbonyl (C=O) groups excluding carboxylic acids is 1. The van der Waals surface area contributed by atoms with Crippen LogP contribution in [-0.2, 0) is 16.7 Å². The van der Waals surface area contributed by atoms with Crippen LogP contribution in [-0.4, -0.2) is 40.5 Å². The van der Waals surface area contributed by atoms with Gasteiger partial charge in [-0.2, -0.15) is 5.10 Å². The minimum absolute atomic E-state index is 0.132. The molecular formula is C22H29N3O4. The smallest absolute Gasteiger partial charge is 0.330 e. The standard InChI is InChI=1S/C22H29N3O4/c1-22(2,3)21(27)29-25-13-11-16(12-14-25)15-28-18-7-5-17(6-8-18)19-9-10-20(26)24(4)23-19/h5-10,16H,11-15H2,1-4H3. The van der Waals surface area contributed by atoms with Gasteiger partial charge >= 0.3 is 5.97 Å². The van der Waals surface area contributed by atoms with Crippen LogP contribution in [0.3, 0.4) is 0 Å². The third-order valence-corrected chi connectivity index (χ3v) is 4.99. The van der Waals surface area contributed by atoms with Gasteiger partial charge in [0.2, 0.25) is 0 Å². The summed E-state index contributed by atoms with van der Waals surface area (Å²) in [5.74, 6) is 1.05. The van der Waals surface area contributed by atoms with Crippen LogP contribution in [0.1, 0.15) is 33.6 Å². The molecule has 0 unspecified atom stereocenters. The molecule has 156 valence electrons. The van der Waals surface area contributed by atoms with Crippen LogP contribution in [0.2, 0.25) is 0 Å².